The van der Waals surface area contributed by atoms with Gasteiger partial charge in [0.25, 0.3) is 0 Å². The second-order valence-electron chi connectivity index (χ2n) is 11.9. The van der Waals surface area contributed by atoms with E-state index in [-0.39, 0.29) is 0 Å². The molecule has 42 heavy (non-hydrogen) atoms. The Morgan fingerprint density at radius 3 is 2.26 bits per heavy atom. The van der Waals surface area contributed by atoms with Crippen LogP contribution in [0.1, 0.15) is 41.5 Å². The van der Waals surface area contributed by atoms with E-state index in [1.165, 1.54) is 92.4 Å². The number of para-hydroxylation sites is 3. The summed E-state index contributed by atoms with van der Waals surface area (Å²) in [4.78, 5) is 2.52. The van der Waals surface area contributed by atoms with Crippen molar-refractivity contribution in [1.29, 1.82) is 0 Å². The van der Waals surface area contributed by atoms with Crippen molar-refractivity contribution in [3.63, 3.8) is 0 Å². The molecular weight excluding hydrogens is 508 g/mol. The van der Waals surface area contributed by atoms with Gasteiger partial charge in [0.1, 0.15) is 0 Å². The van der Waals surface area contributed by atoms with E-state index in [1.807, 2.05) is 0 Å². The largest absolute Gasteiger partial charge is 0.333 e. The van der Waals surface area contributed by atoms with Gasteiger partial charge in [0.15, 0.2) is 0 Å². The Bertz CT molecular complexity index is 2060. The van der Waals surface area contributed by atoms with Crippen molar-refractivity contribution in [1.82, 2.24) is 4.57 Å². The van der Waals surface area contributed by atoms with E-state index in [0.717, 1.165) is 6.42 Å². The average molecular weight is 541 g/mol. The molecule has 0 fully saturated rings. The first kappa shape index (κ1) is 23.8. The van der Waals surface area contributed by atoms with E-state index >= 15 is 0 Å². The lowest BCUT2D eigenvalue weighted by molar-refractivity contribution is 0.688. The number of benzene rings is 5. The maximum atomic E-state index is 2.52. The molecule has 2 heteroatoms. The minimum Gasteiger partial charge on any atom is -0.333 e. The Balaban J connectivity index is 1.21. The highest BCUT2D eigenvalue weighted by Crippen LogP contribution is 2.49. The lowest BCUT2D eigenvalue weighted by atomic mass is 9.88. The van der Waals surface area contributed by atoms with Crippen LogP contribution in [-0.2, 0) is 12.8 Å². The van der Waals surface area contributed by atoms with Crippen LogP contribution >= 0.6 is 0 Å². The molecule has 9 rings (SSSR count). The number of nitrogens with zero attached hydrogens (tertiary/aromatic N) is 2. The summed E-state index contributed by atoms with van der Waals surface area (Å²) in [6, 6.07) is 42.9. The van der Waals surface area contributed by atoms with Crippen molar-refractivity contribution < 1.29 is 0 Å². The first-order valence-electron chi connectivity index (χ1n) is 15.4. The number of hydrogen-bond donors (Lipinski definition) is 0. The fourth-order valence-electron chi connectivity index (χ4n) is 7.77. The molecule has 0 saturated heterocycles. The summed E-state index contributed by atoms with van der Waals surface area (Å²) in [7, 11) is 0. The number of anilines is 2. The molecule has 1 aromatic heterocycles. The Hall–Kier alpha value is -4.82. The van der Waals surface area contributed by atoms with Crippen LogP contribution < -0.4 is 4.90 Å². The third-order valence-electron chi connectivity index (χ3n) is 9.65. The topological polar surface area (TPSA) is 8.17 Å². The van der Waals surface area contributed by atoms with Gasteiger partial charge in [0.05, 0.1) is 17.1 Å². The number of aryl methyl sites for hydroxylation is 2. The summed E-state index contributed by atoms with van der Waals surface area (Å²) in [5.74, 6) is 0. The normalized spacial score (nSPS) is 17.5. The highest BCUT2D eigenvalue weighted by Gasteiger charge is 2.35. The molecule has 1 unspecified atom stereocenters. The summed E-state index contributed by atoms with van der Waals surface area (Å²) in [6.45, 7) is 0. The highest BCUT2D eigenvalue weighted by atomic mass is 15.2. The minimum absolute atomic E-state index is 0.323. The molecule has 1 atom stereocenters. The minimum atomic E-state index is 0.323. The molecule has 6 aromatic rings. The third-order valence-corrected chi connectivity index (χ3v) is 9.65. The summed E-state index contributed by atoms with van der Waals surface area (Å²) in [5.41, 5.74) is 15.0. The molecule has 0 bridgehead atoms. The summed E-state index contributed by atoms with van der Waals surface area (Å²) >= 11 is 0. The molecule has 5 aromatic carbocycles. The fourth-order valence-corrected chi connectivity index (χ4v) is 7.77. The van der Waals surface area contributed by atoms with Crippen LogP contribution in [0.25, 0.3) is 38.6 Å². The maximum Gasteiger partial charge on any atom is 0.0633 e. The second kappa shape index (κ2) is 9.36. The van der Waals surface area contributed by atoms with Crippen LogP contribution in [0.5, 0.6) is 0 Å². The van der Waals surface area contributed by atoms with Crippen LogP contribution in [-0.4, -0.2) is 10.6 Å². The van der Waals surface area contributed by atoms with Crippen molar-refractivity contribution in [2.24, 2.45) is 0 Å². The zero-order chi connectivity index (χ0) is 27.6. The average Bonchev–Trinajstić information content (AvgIpc) is 3.58. The quantitative estimate of drug-likeness (QED) is 0.217. The predicted molar refractivity (Wildman–Crippen MR) is 177 cm³/mol. The van der Waals surface area contributed by atoms with Crippen LogP contribution in [0.2, 0.25) is 0 Å². The van der Waals surface area contributed by atoms with E-state index in [2.05, 4.69) is 137 Å². The molecule has 0 radical (unpaired) electrons. The SMILES string of the molecule is C1=C(c2ccc3c(c2)c2ccc4c(c2n3-c2ccccc2)CCCC4)C=C2c3ccccc3N(c3ccccc3)C2C1. The van der Waals surface area contributed by atoms with Gasteiger partial charge in [-0.25, -0.2) is 0 Å². The van der Waals surface area contributed by atoms with Gasteiger partial charge in [-0.1, -0.05) is 78.9 Å². The summed E-state index contributed by atoms with van der Waals surface area (Å²) in [6.07, 6.45) is 10.8. The number of aromatic nitrogens is 1. The predicted octanol–water partition coefficient (Wildman–Crippen LogP) is 10.1. The Morgan fingerprint density at radius 1 is 0.643 bits per heavy atom. The van der Waals surface area contributed by atoms with E-state index < -0.39 is 0 Å². The molecule has 202 valence electrons. The van der Waals surface area contributed by atoms with Gasteiger partial charge in [-0.2, -0.15) is 0 Å². The van der Waals surface area contributed by atoms with Crippen molar-refractivity contribution in [2.75, 3.05) is 4.90 Å². The van der Waals surface area contributed by atoms with Gasteiger partial charge in [-0.3, -0.25) is 0 Å². The monoisotopic (exact) mass is 540 g/mol. The van der Waals surface area contributed by atoms with Crippen LogP contribution in [0.4, 0.5) is 11.4 Å². The van der Waals surface area contributed by atoms with Crippen LogP contribution in [0.3, 0.4) is 0 Å². The highest BCUT2D eigenvalue weighted by molar-refractivity contribution is 6.12. The van der Waals surface area contributed by atoms with Crippen LogP contribution in [0, 0.1) is 0 Å². The molecule has 0 saturated carbocycles. The van der Waals surface area contributed by atoms with E-state index in [4.69, 9.17) is 0 Å². The lowest BCUT2D eigenvalue weighted by Crippen LogP contribution is -2.27. The molecule has 2 heterocycles. The van der Waals surface area contributed by atoms with Crippen molar-refractivity contribution >= 4 is 44.3 Å². The lowest BCUT2D eigenvalue weighted by Gasteiger charge is -2.29. The molecule has 0 N–H and O–H groups in total. The molecule has 2 nitrogen and oxygen atoms in total. The summed E-state index contributed by atoms with van der Waals surface area (Å²) in [5, 5.41) is 2.72. The van der Waals surface area contributed by atoms with E-state index in [0.29, 0.717) is 6.04 Å². The van der Waals surface area contributed by atoms with Gasteiger partial charge >= 0.3 is 0 Å². The summed E-state index contributed by atoms with van der Waals surface area (Å²) < 4.78 is 2.52. The fraction of sp³-hybridized carbons (Fsp3) is 0.150. The standard InChI is InChI=1S/C40H32N2/c1-3-12-30(13-4-1)41-37-18-10-9-17-33(37)35-25-28(20-23-38(35)41)29-21-24-39-36(26-29)34-22-19-27-11-7-8-16-32(27)40(34)42(39)31-14-5-2-6-15-31/h1-6,9-10,12-15,17-22,24-26,38H,7-8,11,16,23H2. The van der Waals surface area contributed by atoms with E-state index in [1.54, 1.807) is 5.56 Å². The van der Waals surface area contributed by atoms with Crippen molar-refractivity contribution in [3.05, 3.63) is 150 Å². The smallest absolute Gasteiger partial charge is 0.0633 e. The maximum absolute atomic E-state index is 2.52. The number of hydrogen-bond acceptors (Lipinski definition) is 1. The molecule has 1 aliphatic heterocycles. The first-order chi connectivity index (χ1) is 20.8. The zero-order valence-electron chi connectivity index (χ0n) is 23.6. The van der Waals surface area contributed by atoms with E-state index in [9.17, 15) is 0 Å². The van der Waals surface area contributed by atoms with Gasteiger partial charge in [0.2, 0.25) is 0 Å². The van der Waals surface area contributed by atoms with Crippen LogP contribution in [0.15, 0.2) is 127 Å². The first-order valence-corrected chi connectivity index (χ1v) is 15.4. The van der Waals surface area contributed by atoms with Gasteiger partial charge in [0, 0.05) is 33.4 Å². The molecule has 3 aliphatic rings. The molecule has 2 aliphatic carbocycles. The Kier molecular flexibility index (Phi) is 5.31. The number of allylic oxidation sites excluding steroid dienone is 2. The molecule has 0 amide bonds. The second-order valence-corrected chi connectivity index (χ2v) is 11.9. The molecule has 0 spiro atoms. The van der Waals surface area contributed by atoms with Crippen molar-refractivity contribution in [2.45, 2.75) is 38.1 Å². The van der Waals surface area contributed by atoms with Gasteiger partial charge < -0.3 is 9.47 Å². The van der Waals surface area contributed by atoms with Gasteiger partial charge in [-0.05, 0) is 108 Å². The third kappa shape index (κ3) is 3.51. The Morgan fingerprint density at radius 2 is 1.40 bits per heavy atom. The van der Waals surface area contributed by atoms with Gasteiger partial charge in [-0.15, -0.1) is 0 Å². The Labute approximate surface area is 246 Å². The number of rotatable bonds is 3. The zero-order valence-corrected chi connectivity index (χ0v) is 23.6. The van der Waals surface area contributed by atoms with Crippen molar-refractivity contribution in [3.8, 4) is 5.69 Å². The number of fused-ring (bicyclic) bond motifs is 8. The molecular formula is C40H32N2.